The molecule has 2 fully saturated rings. The van der Waals surface area contributed by atoms with Gasteiger partial charge in [-0.25, -0.2) is 0 Å². The molecule has 2 rings (SSSR count). The molecule has 0 bridgehead atoms. The Labute approximate surface area is 122 Å². The Morgan fingerprint density at radius 3 is 2.05 bits per heavy atom. The van der Waals surface area contributed by atoms with E-state index >= 15 is 0 Å². The lowest BCUT2D eigenvalue weighted by Gasteiger charge is -2.37. The van der Waals surface area contributed by atoms with Gasteiger partial charge in [-0.2, -0.15) is 0 Å². The van der Waals surface area contributed by atoms with Crippen molar-refractivity contribution in [2.24, 2.45) is 11.8 Å². The van der Waals surface area contributed by atoms with E-state index in [0.29, 0.717) is 6.10 Å². The van der Waals surface area contributed by atoms with Crippen LogP contribution >= 0.6 is 0 Å². The summed E-state index contributed by atoms with van der Waals surface area (Å²) < 4.78 is 5.92. The first-order valence-corrected chi connectivity index (χ1v) is 11.4. The average Bonchev–Trinajstić information content (AvgIpc) is 2.47. The molecule has 0 aromatic heterocycles. The zero-order chi connectivity index (χ0) is 13.5. The Morgan fingerprint density at radius 2 is 1.47 bits per heavy atom. The number of hydrogen-bond acceptors (Lipinski definition) is 1. The maximum Gasteiger partial charge on any atom is 0.0575 e. The molecule has 2 heteroatoms. The van der Waals surface area contributed by atoms with Crippen molar-refractivity contribution in [2.75, 3.05) is 6.61 Å². The first kappa shape index (κ1) is 15.6. The Morgan fingerprint density at radius 1 is 0.842 bits per heavy atom. The highest BCUT2D eigenvalue weighted by molar-refractivity contribution is 6.58. The number of hydrogen-bond donors (Lipinski definition) is 0. The van der Waals surface area contributed by atoms with Crippen LogP contribution in [0.15, 0.2) is 0 Å². The van der Waals surface area contributed by atoms with Crippen molar-refractivity contribution in [1.29, 1.82) is 0 Å². The Balaban J connectivity index is 1.65. The minimum atomic E-state index is -0.272. The van der Waals surface area contributed by atoms with Gasteiger partial charge in [0, 0.05) is 15.4 Å². The molecule has 2 aliphatic rings. The Kier molecular flexibility index (Phi) is 6.93. The van der Waals surface area contributed by atoms with Crippen LogP contribution in [0.2, 0.25) is 18.1 Å². The molecular formula is C17H34OSi. The van der Waals surface area contributed by atoms with E-state index in [0.717, 1.165) is 18.4 Å². The fourth-order valence-corrected chi connectivity index (χ4v) is 7.85. The summed E-state index contributed by atoms with van der Waals surface area (Å²) in [5.74, 6) is 2.14. The van der Waals surface area contributed by atoms with Crippen LogP contribution in [0.4, 0.5) is 0 Å². The van der Waals surface area contributed by atoms with E-state index in [9.17, 15) is 0 Å². The van der Waals surface area contributed by atoms with Crippen molar-refractivity contribution in [3.05, 3.63) is 0 Å². The van der Waals surface area contributed by atoms with Crippen LogP contribution in [0, 0.1) is 11.8 Å². The summed E-state index contributed by atoms with van der Waals surface area (Å²) in [6, 6.07) is 4.93. The van der Waals surface area contributed by atoms with Gasteiger partial charge in [-0.1, -0.05) is 51.2 Å². The molecule has 19 heavy (non-hydrogen) atoms. The van der Waals surface area contributed by atoms with Gasteiger partial charge in [0.15, 0.2) is 0 Å². The predicted octanol–water partition coefficient (Wildman–Crippen LogP) is 5.02. The summed E-state index contributed by atoms with van der Waals surface area (Å²) in [4.78, 5) is 0. The molecule has 0 unspecified atom stereocenters. The maximum absolute atomic E-state index is 5.92. The van der Waals surface area contributed by atoms with E-state index in [1.54, 1.807) is 31.0 Å². The second-order valence-corrected chi connectivity index (χ2v) is 10.4. The normalized spacial score (nSPS) is 36.3. The fraction of sp³-hybridized carbons (Fsp3) is 1.00. The smallest absolute Gasteiger partial charge is 0.0575 e. The van der Waals surface area contributed by atoms with Crippen LogP contribution in [-0.2, 0) is 4.74 Å². The van der Waals surface area contributed by atoms with Crippen LogP contribution in [0.5, 0.6) is 0 Å². The summed E-state index contributed by atoms with van der Waals surface area (Å²) in [7, 11) is -0.272. The SMILES string of the molecule is CCCOC1CCC(C2CC[SiH](CCC)CC2)CC1. The van der Waals surface area contributed by atoms with Crippen molar-refractivity contribution in [3.63, 3.8) is 0 Å². The van der Waals surface area contributed by atoms with E-state index in [2.05, 4.69) is 13.8 Å². The summed E-state index contributed by atoms with van der Waals surface area (Å²) >= 11 is 0. The first-order chi connectivity index (χ1) is 9.33. The molecule has 1 aliphatic heterocycles. The topological polar surface area (TPSA) is 9.23 Å². The molecule has 0 amide bonds. The largest absolute Gasteiger partial charge is 0.378 e. The van der Waals surface area contributed by atoms with E-state index in [1.807, 2.05) is 0 Å². The van der Waals surface area contributed by atoms with Gasteiger partial charge in [0.1, 0.15) is 0 Å². The van der Waals surface area contributed by atoms with Crippen LogP contribution < -0.4 is 0 Å². The molecule has 0 N–H and O–H groups in total. The number of rotatable bonds is 6. The third-order valence-corrected chi connectivity index (χ3v) is 9.23. The Bertz CT molecular complexity index is 227. The molecule has 0 aromatic carbocycles. The van der Waals surface area contributed by atoms with Gasteiger partial charge >= 0.3 is 0 Å². The summed E-state index contributed by atoms with van der Waals surface area (Å²) in [6.45, 7) is 5.56. The summed E-state index contributed by atoms with van der Waals surface area (Å²) in [5.41, 5.74) is 0. The summed E-state index contributed by atoms with van der Waals surface area (Å²) in [6.07, 6.45) is 12.0. The number of ether oxygens (including phenoxy) is 1. The molecule has 0 aromatic rings. The third-order valence-electron chi connectivity index (χ3n) is 5.53. The standard InChI is InChI=1S/C17H34OSi/c1-3-11-18-17-7-5-15(6-8-17)16-9-13-19(12-4-2)14-10-16/h15-17,19H,3-14H2,1-2H3. The fourth-order valence-electron chi connectivity index (χ4n) is 4.37. The van der Waals surface area contributed by atoms with Crippen LogP contribution in [-0.4, -0.2) is 21.5 Å². The van der Waals surface area contributed by atoms with E-state index < -0.39 is 0 Å². The minimum absolute atomic E-state index is 0.272. The molecular weight excluding hydrogens is 248 g/mol. The highest BCUT2D eigenvalue weighted by Gasteiger charge is 2.31. The van der Waals surface area contributed by atoms with Gasteiger partial charge in [0.05, 0.1) is 6.10 Å². The molecule has 0 radical (unpaired) electrons. The minimum Gasteiger partial charge on any atom is -0.378 e. The van der Waals surface area contributed by atoms with Gasteiger partial charge in [-0.05, 0) is 43.9 Å². The Hall–Kier alpha value is 0.177. The van der Waals surface area contributed by atoms with Crippen molar-refractivity contribution in [2.45, 2.75) is 89.5 Å². The first-order valence-electron chi connectivity index (χ1n) is 8.95. The van der Waals surface area contributed by atoms with Gasteiger partial charge in [-0.15, -0.1) is 0 Å². The van der Waals surface area contributed by atoms with Gasteiger partial charge in [-0.3, -0.25) is 0 Å². The van der Waals surface area contributed by atoms with E-state index in [-0.39, 0.29) is 8.80 Å². The van der Waals surface area contributed by atoms with Gasteiger partial charge in [0.2, 0.25) is 0 Å². The highest BCUT2D eigenvalue weighted by Crippen LogP contribution is 2.40. The van der Waals surface area contributed by atoms with Crippen molar-refractivity contribution >= 4 is 8.80 Å². The van der Waals surface area contributed by atoms with Crippen LogP contribution in [0.25, 0.3) is 0 Å². The molecule has 112 valence electrons. The predicted molar refractivity (Wildman–Crippen MR) is 86.6 cm³/mol. The molecule has 1 saturated heterocycles. The monoisotopic (exact) mass is 282 g/mol. The highest BCUT2D eigenvalue weighted by atomic mass is 28.3. The van der Waals surface area contributed by atoms with E-state index in [4.69, 9.17) is 4.74 Å². The molecule has 1 saturated carbocycles. The lowest BCUT2D eigenvalue weighted by Crippen LogP contribution is -2.30. The van der Waals surface area contributed by atoms with Crippen molar-refractivity contribution < 1.29 is 4.74 Å². The maximum atomic E-state index is 5.92. The van der Waals surface area contributed by atoms with Gasteiger partial charge in [0.25, 0.3) is 0 Å². The molecule has 1 heterocycles. The third kappa shape index (κ3) is 4.89. The van der Waals surface area contributed by atoms with Crippen molar-refractivity contribution in [3.8, 4) is 0 Å². The van der Waals surface area contributed by atoms with Crippen LogP contribution in [0.3, 0.4) is 0 Å². The summed E-state index contributed by atoms with van der Waals surface area (Å²) in [5, 5.41) is 0. The average molecular weight is 283 g/mol. The zero-order valence-corrected chi connectivity index (χ0v) is 14.4. The zero-order valence-electron chi connectivity index (χ0n) is 13.2. The molecule has 0 spiro atoms. The van der Waals surface area contributed by atoms with Crippen LogP contribution in [0.1, 0.15) is 65.2 Å². The second-order valence-electron chi connectivity index (χ2n) is 6.98. The second kappa shape index (κ2) is 8.46. The van der Waals surface area contributed by atoms with Gasteiger partial charge < -0.3 is 4.74 Å². The molecule has 1 nitrogen and oxygen atoms in total. The van der Waals surface area contributed by atoms with Crippen molar-refractivity contribution in [1.82, 2.24) is 0 Å². The molecule has 0 atom stereocenters. The van der Waals surface area contributed by atoms with E-state index in [1.165, 1.54) is 38.5 Å². The molecule has 1 aliphatic carbocycles. The lowest BCUT2D eigenvalue weighted by atomic mass is 9.76. The lowest BCUT2D eigenvalue weighted by molar-refractivity contribution is 0.0105. The quantitative estimate of drug-likeness (QED) is 0.622.